The summed E-state index contributed by atoms with van der Waals surface area (Å²) < 4.78 is 5.20. The van der Waals surface area contributed by atoms with Crippen LogP contribution in [0, 0.1) is 0 Å². The predicted octanol–water partition coefficient (Wildman–Crippen LogP) is 4.46. The molecule has 0 radical (unpaired) electrons. The molecule has 2 heterocycles. The highest BCUT2D eigenvalue weighted by atomic mass is 35.5. The molecule has 0 atom stereocenters. The fraction of sp³-hybridized carbons (Fsp3) is 0. The molecule has 0 amide bonds. The first-order valence-electron chi connectivity index (χ1n) is 7.56. The van der Waals surface area contributed by atoms with Crippen molar-refractivity contribution in [2.45, 2.75) is 0 Å². The van der Waals surface area contributed by atoms with Crippen molar-refractivity contribution < 1.29 is 4.52 Å². The number of hydrogen-bond acceptors (Lipinski definition) is 5. The van der Waals surface area contributed by atoms with Gasteiger partial charge in [-0.15, -0.1) is 0 Å². The molecule has 0 aliphatic rings. The van der Waals surface area contributed by atoms with Crippen LogP contribution in [0.1, 0.15) is 0 Å². The van der Waals surface area contributed by atoms with E-state index in [1.165, 1.54) is 6.20 Å². The van der Waals surface area contributed by atoms with Gasteiger partial charge in [0.25, 0.3) is 11.4 Å². The fourth-order valence-corrected chi connectivity index (χ4v) is 2.67. The molecule has 6 nitrogen and oxygen atoms in total. The van der Waals surface area contributed by atoms with E-state index in [4.69, 9.17) is 27.7 Å². The van der Waals surface area contributed by atoms with Gasteiger partial charge in [-0.25, -0.2) is 4.98 Å². The number of nitrogens with zero attached hydrogens (tertiary/aromatic N) is 3. The Labute approximate surface area is 157 Å². The number of rotatable bonds is 3. The minimum Gasteiger partial charge on any atom is -0.333 e. The lowest BCUT2D eigenvalue weighted by molar-refractivity contribution is 0.431. The van der Waals surface area contributed by atoms with Crippen LogP contribution in [0.3, 0.4) is 0 Å². The van der Waals surface area contributed by atoms with Gasteiger partial charge in [-0.1, -0.05) is 58.7 Å². The Kier molecular flexibility index (Phi) is 4.28. The molecule has 128 valence electrons. The van der Waals surface area contributed by atoms with Gasteiger partial charge in [0.15, 0.2) is 0 Å². The third-order valence-electron chi connectivity index (χ3n) is 3.68. The zero-order valence-electron chi connectivity index (χ0n) is 13.1. The van der Waals surface area contributed by atoms with Crippen molar-refractivity contribution in [1.82, 2.24) is 20.1 Å². The number of nitrogens with one attached hydrogen (secondary N) is 1. The molecule has 0 aliphatic carbocycles. The minimum atomic E-state index is -0.372. The zero-order chi connectivity index (χ0) is 18.1. The second-order valence-electron chi connectivity index (χ2n) is 5.39. The van der Waals surface area contributed by atoms with E-state index in [-0.39, 0.29) is 17.0 Å². The Bertz CT molecular complexity index is 1140. The predicted molar refractivity (Wildman–Crippen MR) is 99.0 cm³/mol. The summed E-state index contributed by atoms with van der Waals surface area (Å²) in [4.78, 5) is 23.6. The van der Waals surface area contributed by atoms with Crippen LogP contribution in [0.5, 0.6) is 0 Å². The second kappa shape index (κ2) is 6.74. The van der Waals surface area contributed by atoms with E-state index in [9.17, 15) is 4.79 Å². The van der Waals surface area contributed by atoms with Crippen LogP contribution in [0.4, 0.5) is 0 Å². The number of aromatic nitrogens is 4. The molecule has 0 saturated heterocycles. The first-order valence-corrected chi connectivity index (χ1v) is 8.31. The molecule has 26 heavy (non-hydrogen) atoms. The third-order valence-corrected chi connectivity index (χ3v) is 4.42. The molecule has 0 saturated carbocycles. The van der Waals surface area contributed by atoms with Crippen LogP contribution in [-0.4, -0.2) is 20.1 Å². The van der Waals surface area contributed by atoms with E-state index >= 15 is 0 Å². The van der Waals surface area contributed by atoms with Gasteiger partial charge in [0.2, 0.25) is 5.82 Å². The maximum Gasteiger partial charge on any atom is 0.265 e. The molecule has 0 unspecified atom stereocenters. The maximum atomic E-state index is 12.4. The van der Waals surface area contributed by atoms with E-state index in [0.29, 0.717) is 27.3 Å². The minimum absolute atomic E-state index is 0.0689. The summed E-state index contributed by atoms with van der Waals surface area (Å²) in [7, 11) is 0. The van der Waals surface area contributed by atoms with E-state index in [0.717, 1.165) is 5.56 Å². The van der Waals surface area contributed by atoms with Crippen molar-refractivity contribution >= 4 is 23.2 Å². The number of hydrogen-bond donors (Lipinski definition) is 1. The Balaban J connectivity index is 1.69. The first kappa shape index (κ1) is 16.5. The van der Waals surface area contributed by atoms with Gasteiger partial charge in [0.05, 0.1) is 10.0 Å². The lowest BCUT2D eigenvalue weighted by atomic mass is 10.2. The van der Waals surface area contributed by atoms with Crippen molar-refractivity contribution in [3.8, 4) is 34.2 Å². The maximum absolute atomic E-state index is 12.4. The van der Waals surface area contributed by atoms with Crippen molar-refractivity contribution in [3.63, 3.8) is 0 Å². The normalized spacial score (nSPS) is 10.8. The van der Waals surface area contributed by atoms with Crippen LogP contribution in [0.15, 0.2) is 64.0 Å². The molecular formula is C18H10Cl2N4O2. The number of benzene rings is 2. The molecule has 0 spiro atoms. The van der Waals surface area contributed by atoms with Gasteiger partial charge in [-0.05, 0) is 18.2 Å². The molecule has 0 aliphatic heterocycles. The highest BCUT2D eigenvalue weighted by Gasteiger charge is 2.15. The van der Waals surface area contributed by atoms with Crippen LogP contribution < -0.4 is 5.56 Å². The zero-order valence-corrected chi connectivity index (χ0v) is 14.6. The number of aromatic amines is 1. The summed E-state index contributed by atoms with van der Waals surface area (Å²) in [5.41, 5.74) is 1.24. The highest BCUT2D eigenvalue weighted by Crippen LogP contribution is 2.28. The van der Waals surface area contributed by atoms with E-state index in [1.54, 1.807) is 18.2 Å². The third kappa shape index (κ3) is 3.12. The van der Waals surface area contributed by atoms with Crippen LogP contribution >= 0.6 is 23.2 Å². The Hall–Kier alpha value is -2.96. The van der Waals surface area contributed by atoms with Gasteiger partial charge in [0.1, 0.15) is 11.4 Å². The number of H-pyrrole nitrogens is 1. The average molecular weight is 385 g/mol. The lowest BCUT2D eigenvalue weighted by Crippen LogP contribution is -2.11. The second-order valence-corrected chi connectivity index (χ2v) is 6.21. The molecule has 4 rings (SSSR count). The molecule has 0 bridgehead atoms. The molecule has 8 heteroatoms. The Morgan fingerprint density at radius 3 is 2.50 bits per heavy atom. The summed E-state index contributed by atoms with van der Waals surface area (Å²) in [5, 5.41) is 4.69. The van der Waals surface area contributed by atoms with Crippen molar-refractivity contribution in [3.05, 3.63) is 75.1 Å². The quantitative estimate of drug-likeness (QED) is 0.563. The fourth-order valence-electron chi connectivity index (χ4n) is 2.38. The molecule has 0 fully saturated rings. The monoisotopic (exact) mass is 384 g/mol. The molecule has 1 N–H and O–H groups in total. The van der Waals surface area contributed by atoms with Gasteiger partial charge >= 0.3 is 0 Å². The van der Waals surface area contributed by atoms with E-state index < -0.39 is 0 Å². The highest BCUT2D eigenvalue weighted by molar-refractivity contribution is 6.42. The summed E-state index contributed by atoms with van der Waals surface area (Å²) >= 11 is 11.9. The summed E-state index contributed by atoms with van der Waals surface area (Å²) in [6, 6.07) is 14.3. The van der Waals surface area contributed by atoms with E-state index in [2.05, 4.69) is 20.1 Å². The summed E-state index contributed by atoms with van der Waals surface area (Å²) in [5.74, 6) is 0.827. The number of halogens is 2. The van der Waals surface area contributed by atoms with Gasteiger partial charge in [-0.3, -0.25) is 4.79 Å². The molecule has 4 aromatic rings. The van der Waals surface area contributed by atoms with Crippen LogP contribution in [-0.2, 0) is 0 Å². The van der Waals surface area contributed by atoms with Gasteiger partial charge in [0, 0.05) is 17.3 Å². The molecule has 2 aromatic carbocycles. The van der Waals surface area contributed by atoms with Crippen LogP contribution in [0.25, 0.3) is 34.2 Å². The Morgan fingerprint density at radius 1 is 0.962 bits per heavy atom. The molecule has 2 aromatic heterocycles. The average Bonchev–Trinajstić information content (AvgIpc) is 3.14. The lowest BCUT2D eigenvalue weighted by Gasteiger charge is -2.00. The topological polar surface area (TPSA) is 84.7 Å². The SMILES string of the molecule is O=c1[nH]c(-c2ccccc2)ncc1-c1nc(-c2ccc(Cl)c(Cl)c2)no1. The van der Waals surface area contributed by atoms with Gasteiger partial charge < -0.3 is 9.51 Å². The van der Waals surface area contributed by atoms with Crippen LogP contribution in [0.2, 0.25) is 10.0 Å². The van der Waals surface area contributed by atoms with Gasteiger partial charge in [-0.2, -0.15) is 4.98 Å². The van der Waals surface area contributed by atoms with E-state index in [1.807, 2.05) is 30.3 Å². The van der Waals surface area contributed by atoms with Crippen molar-refractivity contribution in [2.24, 2.45) is 0 Å². The van der Waals surface area contributed by atoms with Crippen molar-refractivity contribution in [2.75, 3.05) is 0 Å². The summed E-state index contributed by atoms with van der Waals surface area (Å²) in [6.07, 6.45) is 1.41. The summed E-state index contributed by atoms with van der Waals surface area (Å²) in [6.45, 7) is 0. The van der Waals surface area contributed by atoms with Crippen molar-refractivity contribution in [1.29, 1.82) is 0 Å². The standard InChI is InChI=1S/C18H10Cl2N4O2/c19-13-7-6-11(8-14(13)20)16-23-18(26-24-16)12-9-21-15(22-17(12)25)10-4-2-1-3-5-10/h1-9H,(H,21,22,25). The largest absolute Gasteiger partial charge is 0.333 e. The Morgan fingerprint density at radius 2 is 1.77 bits per heavy atom. The smallest absolute Gasteiger partial charge is 0.265 e. The first-order chi connectivity index (χ1) is 12.6. The molecular weight excluding hydrogens is 375 g/mol.